The largest absolute Gasteiger partial charge is 0.0917 e. The van der Waals surface area contributed by atoms with Gasteiger partial charge in [-0.1, -0.05) is 45.8 Å². The van der Waals surface area contributed by atoms with Crippen LogP contribution in [0.3, 0.4) is 0 Å². The molecule has 0 heteroatoms. The highest BCUT2D eigenvalue weighted by Gasteiger charge is 2.05. The van der Waals surface area contributed by atoms with E-state index in [2.05, 4.69) is 39.8 Å². The third-order valence-electron chi connectivity index (χ3n) is 2.65. The summed E-state index contributed by atoms with van der Waals surface area (Å²) in [6.45, 7) is 9.09. The second kappa shape index (κ2) is 7.39. The van der Waals surface area contributed by atoms with E-state index in [4.69, 9.17) is 0 Å². The van der Waals surface area contributed by atoms with E-state index in [1.807, 2.05) is 0 Å². The Hall–Kier alpha value is -0.260. The van der Waals surface area contributed by atoms with Crippen molar-refractivity contribution in [2.45, 2.75) is 53.4 Å². The highest BCUT2D eigenvalue weighted by molar-refractivity contribution is 4.76. The van der Waals surface area contributed by atoms with E-state index in [0.29, 0.717) is 0 Å². The zero-order valence-corrected chi connectivity index (χ0v) is 9.14. The first-order valence-electron chi connectivity index (χ1n) is 5.29. The molecular weight excluding hydrogens is 144 g/mol. The van der Waals surface area contributed by atoms with Crippen molar-refractivity contribution in [2.24, 2.45) is 11.8 Å². The van der Waals surface area contributed by atoms with Gasteiger partial charge in [0.25, 0.3) is 0 Å². The second-order valence-electron chi connectivity index (χ2n) is 4.07. The first-order valence-corrected chi connectivity index (χ1v) is 5.29. The number of hydrogen-bond donors (Lipinski definition) is 0. The molecule has 0 amide bonds. The Labute approximate surface area is 78.1 Å². The molecule has 0 heterocycles. The summed E-state index contributed by atoms with van der Waals surface area (Å²) in [4.78, 5) is 0. The Morgan fingerprint density at radius 2 is 1.75 bits per heavy atom. The van der Waals surface area contributed by atoms with E-state index in [1.54, 1.807) is 0 Å². The van der Waals surface area contributed by atoms with Crippen molar-refractivity contribution in [1.29, 1.82) is 0 Å². The Morgan fingerprint density at radius 3 is 2.25 bits per heavy atom. The molecule has 12 heavy (non-hydrogen) atoms. The SMILES string of the molecule is C/C=C/CCCCC(C)C(C)C. The van der Waals surface area contributed by atoms with Gasteiger partial charge in [0.2, 0.25) is 0 Å². The lowest BCUT2D eigenvalue weighted by Gasteiger charge is -2.14. The molecule has 0 aromatic rings. The fourth-order valence-corrected chi connectivity index (χ4v) is 1.23. The minimum absolute atomic E-state index is 0.853. The molecule has 0 N–H and O–H groups in total. The lowest BCUT2D eigenvalue weighted by atomic mass is 9.92. The molecule has 0 fully saturated rings. The summed E-state index contributed by atoms with van der Waals surface area (Å²) < 4.78 is 0. The first-order chi connectivity index (χ1) is 5.68. The molecule has 0 radical (unpaired) electrons. The van der Waals surface area contributed by atoms with Gasteiger partial charge in [0, 0.05) is 0 Å². The van der Waals surface area contributed by atoms with E-state index in [0.717, 1.165) is 11.8 Å². The summed E-state index contributed by atoms with van der Waals surface area (Å²) in [7, 11) is 0. The molecule has 0 aliphatic carbocycles. The van der Waals surface area contributed by atoms with Crippen LogP contribution in [0.2, 0.25) is 0 Å². The molecule has 0 aliphatic rings. The van der Waals surface area contributed by atoms with Crippen molar-refractivity contribution < 1.29 is 0 Å². The number of hydrogen-bond acceptors (Lipinski definition) is 0. The highest BCUT2D eigenvalue weighted by Crippen LogP contribution is 2.17. The monoisotopic (exact) mass is 168 g/mol. The van der Waals surface area contributed by atoms with Gasteiger partial charge in [-0.3, -0.25) is 0 Å². The van der Waals surface area contributed by atoms with Crippen LogP contribution < -0.4 is 0 Å². The predicted octanol–water partition coefficient (Wildman–Crippen LogP) is 4.42. The quantitative estimate of drug-likeness (QED) is 0.407. The Bertz CT molecular complexity index is 111. The first kappa shape index (κ1) is 11.7. The Kier molecular flexibility index (Phi) is 7.23. The zero-order chi connectivity index (χ0) is 9.40. The molecule has 1 unspecified atom stereocenters. The van der Waals surface area contributed by atoms with Crippen LogP contribution in [0, 0.1) is 11.8 Å². The molecule has 0 rings (SSSR count). The molecule has 0 bridgehead atoms. The Balaban J connectivity index is 3.19. The standard InChI is InChI=1S/C12H24/c1-5-6-7-8-9-10-12(4)11(2)3/h5-6,11-12H,7-10H2,1-4H3/b6-5+. The van der Waals surface area contributed by atoms with Crippen LogP contribution in [0.4, 0.5) is 0 Å². The van der Waals surface area contributed by atoms with Crippen LogP contribution in [0.5, 0.6) is 0 Å². The maximum absolute atomic E-state index is 2.36. The summed E-state index contributed by atoms with van der Waals surface area (Å²) in [6.07, 6.45) is 9.83. The van der Waals surface area contributed by atoms with Crippen molar-refractivity contribution in [3.05, 3.63) is 12.2 Å². The van der Waals surface area contributed by atoms with Crippen LogP contribution in [0.25, 0.3) is 0 Å². The molecule has 0 saturated heterocycles. The van der Waals surface area contributed by atoms with Crippen LogP contribution >= 0.6 is 0 Å². The van der Waals surface area contributed by atoms with Gasteiger partial charge in [-0.05, 0) is 31.6 Å². The number of allylic oxidation sites excluding steroid dienone is 2. The second-order valence-corrected chi connectivity index (χ2v) is 4.07. The van der Waals surface area contributed by atoms with E-state index in [1.165, 1.54) is 25.7 Å². The van der Waals surface area contributed by atoms with Gasteiger partial charge < -0.3 is 0 Å². The van der Waals surface area contributed by atoms with Crippen LogP contribution in [0.15, 0.2) is 12.2 Å². The Morgan fingerprint density at radius 1 is 1.08 bits per heavy atom. The summed E-state index contributed by atoms with van der Waals surface area (Å²) in [5, 5.41) is 0. The predicted molar refractivity (Wildman–Crippen MR) is 57.3 cm³/mol. The normalized spacial score (nSPS) is 14.4. The topological polar surface area (TPSA) is 0 Å². The fourth-order valence-electron chi connectivity index (χ4n) is 1.23. The lowest BCUT2D eigenvalue weighted by Crippen LogP contribution is -2.02. The maximum Gasteiger partial charge on any atom is -0.0351 e. The number of rotatable bonds is 6. The molecule has 1 atom stereocenters. The molecule has 0 nitrogen and oxygen atoms in total. The van der Waals surface area contributed by atoms with Crippen molar-refractivity contribution in [1.82, 2.24) is 0 Å². The maximum atomic E-state index is 2.36. The summed E-state index contributed by atoms with van der Waals surface area (Å²) in [5.41, 5.74) is 0. The van der Waals surface area contributed by atoms with E-state index < -0.39 is 0 Å². The molecule has 0 spiro atoms. The van der Waals surface area contributed by atoms with Gasteiger partial charge >= 0.3 is 0 Å². The summed E-state index contributed by atoms with van der Waals surface area (Å²) in [5.74, 6) is 1.75. The van der Waals surface area contributed by atoms with Gasteiger partial charge in [-0.15, -0.1) is 0 Å². The smallest absolute Gasteiger partial charge is 0.0351 e. The average Bonchev–Trinajstić information content (AvgIpc) is 2.03. The minimum Gasteiger partial charge on any atom is -0.0917 e. The van der Waals surface area contributed by atoms with E-state index in [-0.39, 0.29) is 0 Å². The molecular formula is C12H24. The molecule has 0 aliphatic heterocycles. The van der Waals surface area contributed by atoms with E-state index in [9.17, 15) is 0 Å². The summed E-state index contributed by atoms with van der Waals surface area (Å²) >= 11 is 0. The average molecular weight is 168 g/mol. The zero-order valence-electron chi connectivity index (χ0n) is 9.14. The van der Waals surface area contributed by atoms with Crippen LogP contribution in [0.1, 0.15) is 53.4 Å². The van der Waals surface area contributed by atoms with Gasteiger partial charge in [-0.25, -0.2) is 0 Å². The van der Waals surface area contributed by atoms with Crippen molar-refractivity contribution in [2.75, 3.05) is 0 Å². The van der Waals surface area contributed by atoms with Gasteiger partial charge in [-0.2, -0.15) is 0 Å². The highest BCUT2D eigenvalue weighted by atomic mass is 14.1. The van der Waals surface area contributed by atoms with Crippen molar-refractivity contribution >= 4 is 0 Å². The summed E-state index contributed by atoms with van der Waals surface area (Å²) in [6, 6.07) is 0. The molecule has 0 aromatic carbocycles. The van der Waals surface area contributed by atoms with Crippen molar-refractivity contribution in [3.8, 4) is 0 Å². The van der Waals surface area contributed by atoms with Crippen LogP contribution in [-0.2, 0) is 0 Å². The van der Waals surface area contributed by atoms with Gasteiger partial charge in [0.1, 0.15) is 0 Å². The minimum atomic E-state index is 0.853. The van der Waals surface area contributed by atoms with Gasteiger partial charge in [0.15, 0.2) is 0 Å². The molecule has 0 saturated carbocycles. The van der Waals surface area contributed by atoms with Crippen LogP contribution in [-0.4, -0.2) is 0 Å². The third kappa shape index (κ3) is 6.45. The number of unbranched alkanes of at least 4 members (excludes halogenated alkanes) is 2. The van der Waals surface area contributed by atoms with Crippen molar-refractivity contribution in [3.63, 3.8) is 0 Å². The van der Waals surface area contributed by atoms with E-state index >= 15 is 0 Å². The lowest BCUT2D eigenvalue weighted by molar-refractivity contribution is 0.378. The third-order valence-corrected chi connectivity index (χ3v) is 2.65. The van der Waals surface area contributed by atoms with Gasteiger partial charge in [0.05, 0.1) is 0 Å². The fraction of sp³-hybridized carbons (Fsp3) is 0.833. The molecule has 0 aromatic heterocycles. The molecule has 72 valence electrons.